The van der Waals surface area contributed by atoms with Crippen LogP contribution in [0.1, 0.15) is 5.56 Å². The average molecular weight is 424 g/mol. The molecule has 0 radical (unpaired) electrons. The number of hydrogen-bond acceptors (Lipinski definition) is 3. The van der Waals surface area contributed by atoms with Crippen LogP contribution in [-0.2, 0) is 6.54 Å². The number of carbonyl (C=O) groups excluding carboxylic acids is 1. The van der Waals surface area contributed by atoms with Gasteiger partial charge in [0.05, 0.1) is 0 Å². The molecule has 2 aromatic heterocycles. The Balaban J connectivity index is 1.51. The number of urea groups is 1. The van der Waals surface area contributed by atoms with E-state index in [1.54, 1.807) is 30.5 Å². The molecule has 0 fully saturated rings. The van der Waals surface area contributed by atoms with Gasteiger partial charge in [-0.15, -0.1) is 0 Å². The molecule has 0 saturated heterocycles. The summed E-state index contributed by atoms with van der Waals surface area (Å²) in [4.78, 5) is 21.4. The molecule has 152 valence electrons. The number of rotatable bonds is 5. The highest BCUT2D eigenvalue weighted by Gasteiger charge is 2.14. The summed E-state index contributed by atoms with van der Waals surface area (Å²) in [6, 6.07) is 14.8. The summed E-state index contributed by atoms with van der Waals surface area (Å²) in [5.74, 6) is 0.353. The van der Waals surface area contributed by atoms with Crippen molar-refractivity contribution in [3.05, 3.63) is 77.2 Å². The van der Waals surface area contributed by atoms with Gasteiger partial charge in [0, 0.05) is 35.6 Å². The molecule has 2 N–H and O–H groups in total. The van der Waals surface area contributed by atoms with Crippen LogP contribution in [-0.4, -0.2) is 27.1 Å². The quantitative estimate of drug-likeness (QED) is 0.473. The van der Waals surface area contributed by atoms with Gasteiger partial charge in [-0.25, -0.2) is 19.2 Å². The van der Waals surface area contributed by atoms with Crippen molar-refractivity contribution in [1.29, 1.82) is 0 Å². The van der Waals surface area contributed by atoms with Crippen molar-refractivity contribution in [3.63, 3.8) is 0 Å². The number of imidazole rings is 1. The Morgan fingerprint density at radius 3 is 2.77 bits per heavy atom. The third-order valence-electron chi connectivity index (χ3n) is 4.67. The van der Waals surface area contributed by atoms with E-state index in [1.165, 1.54) is 12.1 Å². The number of nitrogens with zero attached hydrogens (tertiary/aromatic N) is 3. The van der Waals surface area contributed by atoms with Crippen molar-refractivity contribution < 1.29 is 9.18 Å². The van der Waals surface area contributed by atoms with Gasteiger partial charge < -0.3 is 15.2 Å². The largest absolute Gasteiger partial charge is 0.336 e. The van der Waals surface area contributed by atoms with E-state index in [9.17, 15) is 9.18 Å². The minimum atomic E-state index is -0.332. The van der Waals surface area contributed by atoms with E-state index in [0.717, 1.165) is 16.6 Å². The first-order valence-corrected chi connectivity index (χ1v) is 9.77. The van der Waals surface area contributed by atoms with E-state index < -0.39 is 0 Å². The summed E-state index contributed by atoms with van der Waals surface area (Å²) in [6.45, 7) is 2.69. The molecule has 0 bridgehead atoms. The molecule has 6 nitrogen and oxygen atoms in total. The van der Waals surface area contributed by atoms with Gasteiger partial charge >= 0.3 is 6.03 Å². The molecule has 4 aromatic rings. The lowest BCUT2D eigenvalue weighted by atomic mass is 10.2. The van der Waals surface area contributed by atoms with Gasteiger partial charge in [0.2, 0.25) is 0 Å². The highest BCUT2D eigenvalue weighted by molar-refractivity contribution is 6.31. The number of benzene rings is 2. The van der Waals surface area contributed by atoms with Crippen molar-refractivity contribution in [1.82, 2.24) is 19.9 Å². The summed E-state index contributed by atoms with van der Waals surface area (Å²) in [5.41, 5.74) is 3.77. The molecule has 8 heteroatoms. The second kappa shape index (κ2) is 8.51. The Morgan fingerprint density at radius 1 is 1.17 bits per heavy atom. The van der Waals surface area contributed by atoms with Crippen LogP contribution in [0, 0.1) is 12.7 Å². The third-order valence-corrected chi connectivity index (χ3v) is 4.91. The third kappa shape index (κ3) is 4.26. The summed E-state index contributed by atoms with van der Waals surface area (Å²) < 4.78 is 15.2. The zero-order chi connectivity index (χ0) is 21.1. The second-order valence-corrected chi connectivity index (χ2v) is 7.22. The normalized spacial score (nSPS) is 10.9. The minimum absolute atomic E-state index is 0.311. The van der Waals surface area contributed by atoms with Crippen LogP contribution < -0.4 is 10.6 Å². The number of carbonyl (C=O) groups is 1. The maximum Gasteiger partial charge on any atom is 0.319 e. The van der Waals surface area contributed by atoms with Crippen molar-refractivity contribution in [2.75, 3.05) is 11.9 Å². The molecule has 0 saturated carbocycles. The number of anilines is 1. The molecule has 4 rings (SSSR count). The first-order valence-electron chi connectivity index (χ1n) is 9.39. The Bertz CT molecular complexity index is 1210. The number of halogens is 2. The van der Waals surface area contributed by atoms with E-state index in [4.69, 9.17) is 11.6 Å². The van der Waals surface area contributed by atoms with Crippen molar-refractivity contribution in [2.24, 2.45) is 0 Å². The van der Waals surface area contributed by atoms with Crippen LogP contribution in [0.5, 0.6) is 0 Å². The van der Waals surface area contributed by atoms with Gasteiger partial charge in [-0.05, 0) is 61.0 Å². The zero-order valence-corrected chi connectivity index (χ0v) is 16.9. The first kappa shape index (κ1) is 19.8. The van der Waals surface area contributed by atoms with Gasteiger partial charge in [0.1, 0.15) is 17.2 Å². The van der Waals surface area contributed by atoms with E-state index in [1.807, 2.05) is 29.7 Å². The highest BCUT2D eigenvalue weighted by Crippen LogP contribution is 2.24. The summed E-state index contributed by atoms with van der Waals surface area (Å²) in [7, 11) is 0. The lowest BCUT2D eigenvalue weighted by molar-refractivity contribution is 0.251. The predicted molar refractivity (Wildman–Crippen MR) is 116 cm³/mol. The molecule has 0 aliphatic heterocycles. The lowest BCUT2D eigenvalue weighted by Crippen LogP contribution is -2.31. The fourth-order valence-electron chi connectivity index (χ4n) is 3.17. The van der Waals surface area contributed by atoms with Crippen molar-refractivity contribution >= 4 is 34.5 Å². The van der Waals surface area contributed by atoms with E-state index >= 15 is 0 Å². The molecule has 0 unspecified atom stereocenters. The molecule has 30 heavy (non-hydrogen) atoms. The first-order chi connectivity index (χ1) is 14.5. The molecular weight excluding hydrogens is 405 g/mol. The second-order valence-electron chi connectivity index (χ2n) is 6.78. The molecule has 2 heterocycles. The number of aryl methyl sites for hydroxylation is 1. The summed E-state index contributed by atoms with van der Waals surface area (Å²) in [5, 5.41) is 6.19. The Labute approximate surface area is 177 Å². The van der Waals surface area contributed by atoms with Crippen LogP contribution in [0.2, 0.25) is 5.02 Å². The Hall–Kier alpha value is -3.45. The predicted octanol–water partition coefficient (Wildman–Crippen LogP) is 5.02. The summed E-state index contributed by atoms with van der Waals surface area (Å²) in [6.07, 6.45) is 1.69. The maximum absolute atomic E-state index is 13.3. The smallest absolute Gasteiger partial charge is 0.319 e. The molecule has 2 aromatic carbocycles. The Kier molecular flexibility index (Phi) is 5.63. The fraction of sp³-hybridized carbons (Fsp3) is 0.136. The molecule has 0 atom stereocenters. The molecule has 0 aliphatic rings. The highest BCUT2D eigenvalue weighted by atomic mass is 35.5. The number of fused-ring (bicyclic) bond motifs is 1. The van der Waals surface area contributed by atoms with Crippen molar-refractivity contribution in [2.45, 2.75) is 13.5 Å². The Morgan fingerprint density at radius 2 is 1.97 bits per heavy atom. The molecule has 0 spiro atoms. The number of amides is 2. The number of hydrogen-bond donors (Lipinski definition) is 2. The van der Waals surface area contributed by atoms with E-state index in [2.05, 4.69) is 20.6 Å². The van der Waals surface area contributed by atoms with E-state index in [-0.39, 0.29) is 11.8 Å². The van der Waals surface area contributed by atoms with Crippen molar-refractivity contribution in [3.8, 4) is 11.4 Å². The number of nitrogens with one attached hydrogen (secondary N) is 2. The number of pyridine rings is 1. The van der Waals surface area contributed by atoms with Gasteiger partial charge in [0.25, 0.3) is 0 Å². The lowest BCUT2D eigenvalue weighted by Gasteiger charge is -2.12. The van der Waals surface area contributed by atoms with Crippen LogP contribution in [0.3, 0.4) is 0 Å². The van der Waals surface area contributed by atoms with Gasteiger partial charge in [-0.1, -0.05) is 17.7 Å². The average Bonchev–Trinajstić information content (AvgIpc) is 3.10. The fourth-order valence-corrected chi connectivity index (χ4v) is 3.34. The van der Waals surface area contributed by atoms with Gasteiger partial charge in [0.15, 0.2) is 5.65 Å². The zero-order valence-electron chi connectivity index (χ0n) is 16.2. The van der Waals surface area contributed by atoms with E-state index in [0.29, 0.717) is 35.3 Å². The monoisotopic (exact) mass is 423 g/mol. The number of aromatic nitrogens is 3. The minimum Gasteiger partial charge on any atom is -0.336 e. The summed E-state index contributed by atoms with van der Waals surface area (Å²) >= 11 is 6.00. The van der Waals surface area contributed by atoms with Crippen LogP contribution >= 0.6 is 11.6 Å². The molecule has 2 amide bonds. The topological polar surface area (TPSA) is 71.8 Å². The van der Waals surface area contributed by atoms with Gasteiger partial charge in [-0.3, -0.25) is 0 Å². The maximum atomic E-state index is 13.3. The van der Waals surface area contributed by atoms with Crippen LogP contribution in [0.15, 0.2) is 60.8 Å². The SMILES string of the molecule is Cc1ccc(Cl)cc1NC(=O)NCCn1c(-c2ccc(F)cc2)nc2cccnc21. The van der Waals surface area contributed by atoms with Gasteiger partial charge in [-0.2, -0.15) is 0 Å². The van der Waals surface area contributed by atoms with Crippen LogP contribution in [0.4, 0.5) is 14.9 Å². The van der Waals surface area contributed by atoms with Crippen LogP contribution in [0.25, 0.3) is 22.6 Å². The molecule has 0 aliphatic carbocycles. The standard InChI is InChI=1S/C22H19ClFN5O/c1-14-4-7-16(23)13-19(14)28-22(30)26-11-12-29-20(15-5-8-17(24)9-6-15)27-18-3-2-10-25-21(18)29/h2-10,13H,11-12H2,1H3,(H2,26,28,30). The molecular formula is C22H19ClFN5O.